The first-order chi connectivity index (χ1) is 13.0. The number of nitrogens with zero attached hydrogens (tertiary/aromatic N) is 3. The molecule has 0 aromatic carbocycles. The fourth-order valence-corrected chi connectivity index (χ4v) is 4.33. The molecular formula is C21H22N4OS. The monoisotopic (exact) mass is 378 g/mol. The first kappa shape index (κ1) is 17.8. The van der Waals surface area contributed by atoms with E-state index in [1.807, 2.05) is 35.8 Å². The van der Waals surface area contributed by atoms with E-state index in [1.54, 1.807) is 23.7 Å². The largest absolute Gasteiger partial charge is 0.349 e. The average Bonchev–Trinajstić information content (AvgIpc) is 3.14. The van der Waals surface area contributed by atoms with Gasteiger partial charge in [0.2, 0.25) is 5.91 Å². The zero-order valence-corrected chi connectivity index (χ0v) is 16.3. The number of amides is 1. The summed E-state index contributed by atoms with van der Waals surface area (Å²) in [5, 5.41) is 5.20. The molecule has 0 fully saturated rings. The van der Waals surface area contributed by atoms with Gasteiger partial charge in [-0.3, -0.25) is 9.78 Å². The van der Waals surface area contributed by atoms with Crippen molar-refractivity contribution in [1.29, 1.82) is 0 Å². The summed E-state index contributed by atoms with van der Waals surface area (Å²) in [5.41, 5.74) is 3.01. The van der Waals surface area contributed by atoms with Crippen LogP contribution in [0.15, 0.2) is 48.2 Å². The van der Waals surface area contributed by atoms with Gasteiger partial charge in [-0.1, -0.05) is 19.9 Å². The minimum Gasteiger partial charge on any atom is -0.349 e. The van der Waals surface area contributed by atoms with Crippen molar-refractivity contribution in [2.24, 2.45) is 5.41 Å². The Hall–Kier alpha value is -2.60. The van der Waals surface area contributed by atoms with Crippen LogP contribution in [0.3, 0.4) is 0 Å². The highest BCUT2D eigenvalue weighted by molar-refractivity contribution is 7.10. The van der Waals surface area contributed by atoms with Crippen molar-refractivity contribution in [3.05, 3.63) is 64.4 Å². The van der Waals surface area contributed by atoms with E-state index in [4.69, 9.17) is 4.98 Å². The van der Waals surface area contributed by atoms with Gasteiger partial charge in [0.1, 0.15) is 0 Å². The van der Waals surface area contributed by atoms with E-state index in [-0.39, 0.29) is 17.4 Å². The van der Waals surface area contributed by atoms with Gasteiger partial charge in [0.15, 0.2) is 5.82 Å². The van der Waals surface area contributed by atoms with E-state index in [2.05, 4.69) is 29.1 Å². The van der Waals surface area contributed by atoms with Crippen LogP contribution >= 0.6 is 11.3 Å². The van der Waals surface area contributed by atoms with E-state index < -0.39 is 0 Å². The van der Waals surface area contributed by atoms with E-state index in [0.29, 0.717) is 12.2 Å². The van der Waals surface area contributed by atoms with Crippen LogP contribution in [0.5, 0.6) is 0 Å². The molecule has 1 aliphatic carbocycles. The van der Waals surface area contributed by atoms with Gasteiger partial charge in [0, 0.05) is 34.6 Å². The molecule has 5 nitrogen and oxygen atoms in total. The van der Waals surface area contributed by atoms with Crippen LogP contribution in [-0.2, 0) is 17.6 Å². The second kappa shape index (κ2) is 7.19. The Balaban J connectivity index is 1.60. The molecule has 0 saturated heterocycles. The summed E-state index contributed by atoms with van der Waals surface area (Å²) < 4.78 is 0. The van der Waals surface area contributed by atoms with E-state index in [0.717, 1.165) is 34.5 Å². The van der Waals surface area contributed by atoms with Gasteiger partial charge in [-0.05, 0) is 41.8 Å². The SMILES string of the molecule is CC1(C)Cc2nc(-c3cccnc3)ncc2[C@@H](NC(=O)Cc2cccs2)C1. The molecule has 3 heterocycles. The number of aromatic nitrogens is 3. The highest BCUT2D eigenvalue weighted by atomic mass is 32.1. The van der Waals surface area contributed by atoms with Crippen LogP contribution in [0.1, 0.15) is 42.4 Å². The molecule has 27 heavy (non-hydrogen) atoms. The van der Waals surface area contributed by atoms with Crippen molar-refractivity contribution >= 4 is 17.2 Å². The highest BCUT2D eigenvalue weighted by Crippen LogP contribution is 2.40. The van der Waals surface area contributed by atoms with Crippen molar-refractivity contribution in [3.8, 4) is 11.4 Å². The molecule has 4 rings (SSSR count). The lowest BCUT2D eigenvalue weighted by Crippen LogP contribution is -2.37. The molecule has 1 atom stereocenters. The third-order valence-corrected chi connectivity index (χ3v) is 5.72. The molecule has 6 heteroatoms. The number of hydrogen-bond donors (Lipinski definition) is 1. The molecule has 0 aliphatic heterocycles. The maximum atomic E-state index is 12.5. The summed E-state index contributed by atoms with van der Waals surface area (Å²) in [5.74, 6) is 0.727. The van der Waals surface area contributed by atoms with Crippen LogP contribution < -0.4 is 5.32 Å². The number of carbonyl (C=O) groups is 1. The smallest absolute Gasteiger partial charge is 0.225 e. The summed E-state index contributed by atoms with van der Waals surface area (Å²) >= 11 is 1.61. The molecule has 0 saturated carbocycles. The number of nitrogens with one attached hydrogen (secondary N) is 1. The molecule has 1 N–H and O–H groups in total. The van der Waals surface area contributed by atoms with Crippen molar-refractivity contribution in [2.75, 3.05) is 0 Å². The molecule has 1 amide bonds. The van der Waals surface area contributed by atoms with Gasteiger partial charge < -0.3 is 5.32 Å². The number of thiophene rings is 1. The van der Waals surface area contributed by atoms with Crippen LogP contribution in [-0.4, -0.2) is 20.9 Å². The Kier molecular flexibility index (Phi) is 4.74. The fourth-order valence-electron chi connectivity index (χ4n) is 3.63. The van der Waals surface area contributed by atoms with Crippen LogP contribution in [0, 0.1) is 5.41 Å². The number of rotatable bonds is 4. The van der Waals surface area contributed by atoms with Gasteiger partial charge in [-0.15, -0.1) is 11.3 Å². The Morgan fingerprint density at radius 2 is 2.19 bits per heavy atom. The predicted octanol–water partition coefficient (Wildman–Crippen LogP) is 3.97. The number of carbonyl (C=O) groups excluding carboxylic acids is 1. The maximum absolute atomic E-state index is 12.5. The lowest BCUT2D eigenvalue weighted by Gasteiger charge is -2.36. The first-order valence-corrected chi connectivity index (χ1v) is 9.96. The Bertz CT molecular complexity index is 938. The van der Waals surface area contributed by atoms with Crippen LogP contribution in [0.4, 0.5) is 0 Å². The van der Waals surface area contributed by atoms with Gasteiger partial charge in [-0.2, -0.15) is 0 Å². The lowest BCUT2D eigenvalue weighted by molar-refractivity contribution is -0.121. The van der Waals surface area contributed by atoms with Crippen molar-refractivity contribution in [3.63, 3.8) is 0 Å². The second-order valence-corrected chi connectivity index (χ2v) is 8.79. The van der Waals surface area contributed by atoms with Crippen molar-refractivity contribution in [1.82, 2.24) is 20.3 Å². The molecule has 138 valence electrons. The minimum absolute atomic E-state index is 0.0439. The van der Waals surface area contributed by atoms with E-state index >= 15 is 0 Å². The van der Waals surface area contributed by atoms with Gasteiger partial charge in [-0.25, -0.2) is 9.97 Å². The topological polar surface area (TPSA) is 67.8 Å². The zero-order chi connectivity index (χ0) is 18.9. The lowest BCUT2D eigenvalue weighted by atomic mass is 9.74. The quantitative estimate of drug-likeness (QED) is 0.746. The van der Waals surface area contributed by atoms with Gasteiger partial charge in [0.25, 0.3) is 0 Å². The Morgan fingerprint density at radius 1 is 1.30 bits per heavy atom. The Labute approximate surface area is 162 Å². The number of fused-ring (bicyclic) bond motifs is 1. The molecule has 0 unspecified atom stereocenters. The normalized spacial score (nSPS) is 17.9. The van der Waals surface area contributed by atoms with Crippen molar-refractivity contribution < 1.29 is 4.79 Å². The molecule has 0 radical (unpaired) electrons. The predicted molar refractivity (Wildman–Crippen MR) is 106 cm³/mol. The fraction of sp³-hybridized carbons (Fsp3) is 0.333. The summed E-state index contributed by atoms with van der Waals surface area (Å²) in [7, 11) is 0. The first-order valence-electron chi connectivity index (χ1n) is 9.08. The third-order valence-electron chi connectivity index (χ3n) is 4.85. The number of pyridine rings is 1. The molecular weight excluding hydrogens is 356 g/mol. The standard InChI is InChI=1S/C21H22N4OS/c1-21(2)10-17(24-19(26)9-15-6-4-8-27-15)16-13-23-20(25-18(16)11-21)14-5-3-7-22-12-14/h3-8,12-13,17H,9-11H2,1-2H3,(H,24,26)/t17-/m0/s1. The van der Waals surface area contributed by atoms with E-state index in [9.17, 15) is 4.79 Å². The minimum atomic E-state index is -0.0563. The molecule has 3 aromatic heterocycles. The van der Waals surface area contributed by atoms with Gasteiger partial charge in [0.05, 0.1) is 18.2 Å². The summed E-state index contributed by atoms with van der Waals surface area (Å²) in [6, 6.07) is 7.75. The molecule has 0 bridgehead atoms. The Morgan fingerprint density at radius 3 is 2.93 bits per heavy atom. The average molecular weight is 379 g/mol. The summed E-state index contributed by atoms with van der Waals surface area (Å²) in [6.07, 6.45) is 7.55. The second-order valence-electron chi connectivity index (χ2n) is 7.76. The van der Waals surface area contributed by atoms with Crippen LogP contribution in [0.2, 0.25) is 0 Å². The zero-order valence-electron chi connectivity index (χ0n) is 15.5. The van der Waals surface area contributed by atoms with Crippen molar-refractivity contribution in [2.45, 2.75) is 39.2 Å². The molecule has 3 aromatic rings. The highest BCUT2D eigenvalue weighted by Gasteiger charge is 2.34. The molecule has 0 spiro atoms. The summed E-state index contributed by atoms with van der Waals surface area (Å²) in [4.78, 5) is 27.1. The number of hydrogen-bond acceptors (Lipinski definition) is 5. The summed E-state index contributed by atoms with van der Waals surface area (Å²) in [6.45, 7) is 4.44. The van der Waals surface area contributed by atoms with Crippen LogP contribution in [0.25, 0.3) is 11.4 Å². The third kappa shape index (κ3) is 4.06. The molecule has 1 aliphatic rings. The van der Waals surface area contributed by atoms with Gasteiger partial charge >= 0.3 is 0 Å². The van der Waals surface area contributed by atoms with E-state index in [1.165, 1.54) is 0 Å². The maximum Gasteiger partial charge on any atom is 0.225 e.